The Morgan fingerprint density at radius 2 is 2.13 bits per heavy atom. The highest BCUT2D eigenvalue weighted by Crippen LogP contribution is 2.36. The Kier molecular flexibility index (Phi) is 5.78. The van der Waals surface area contributed by atoms with Crippen molar-refractivity contribution in [2.24, 2.45) is 0 Å². The van der Waals surface area contributed by atoms with E-state index in [1.54, 1.807) is 18.6 Å². The maximum absolute atomic E-state index is 12.7. The van der Waals surface area contributed by atoms with Gasteiger partial charge in [0.2, 0.25) is 5.91 Å². The van der Waals surface area contributed by atoms with E-state index in [9.17, 15) is 9.59 Å². The number of benzene rings is 1. The number of nitrogens with one attached hydrogen (secondary N) is 1. The monoisotopic (exact) mass is 447 g/mol. The summed E-state index contributed by atoms with van der Waals surface area (Å²) in [5, 5.41) is 13.1. The Bertz CT molecular complexity index is 1100. The van der Waals surface area contributed by atoms with Gasteiger partial charge in [-0.1, -0.05) is 23.2 Å². The molecule has 30 heavy (non-hydrogen) atoms. The van der Waals surface area contributed by atoms with Crippen LogP contribution in [0.5, 0.6) is 0 Å². The van der Waals surface area contributed by atoms with Crippen molar-refractivity contribution < 1.29 is 14.7 Å². The molecule has 0 unspecified atom stereocenters. The fraction of sp³-hybridized carbons (Fsp3) is 0.300. The van der Waals surface area contributed by atoms with E-state index in [1.165, 1.54) is 0 Å². The third-order valence-electron chi connectivity index (χ3n) is 5.11. The molecule has 2 aromatic heterocycles. The molecular formula is C20H19Cl2N5O3. The van der Waals surface area contributed by atoms with Gasteiger partial charge in [-0.25, -0.2) is 9.97 Å². The van der Waals surface area contributed by atoms with Gasteiger partial charge in [0.05, 0.1) is 34.0 Å². The number of halogens is 2. The van der Waals surface area contributed by atoms with Gasteiger partial charge in [-0.3, -0.25) is 9.59 Å². The van der Waals surface area contributed by atoms with Crippen molar-refractivity contribution in [2.45, 2.75) is 25.3 Å². The van der Waals surface area contributed by atoms with Crippen LogP contribution in [0.2, 0.25) is 10.0 Å². The van der Waals surface area contributed by atoms with E-state index < -0.39 is 12.0 Å². The van der Waals surface area contributed by atoms with Gasteiger partial charge in [0.1, 0.15) is 11.9 Å². The van der Waals surface area contributed by atoms with E-state index in [0.717, 1.165) is 17.5 Å². The number of carboxylic acid groups (broad SMARTS) is 1. The van der Waals surface area contributed by atoms with Gasteiger partial charge in [0.25, 0.3) is 0 Å². The number of amides is 1. The number of carboxylic acids is 1. The Morgan fingerprint density at radius 3 is 2.87 bits per heavy atom. The van der Waals surface area contributed by atoms with E-state index >= 15 is 0 Å². The van der Waals surface area contributed by atoms with Gasteiger partial charge in [0.15, 0.2) is 0 Å². The standard InChI is InChI=1S/C20H19Cl2N5O3/c21-13-4-3-12-15(26-9-7-23-11-26)10-16(25-19(12)18(13)22)27-8-1-2-14(27)20(30)24-6-5-17(28)29/h3-4,7,9-11,14H,1-2,5-6,8H2,(H,24,30)(H,28,29)/t14-/m0/s1. The van der Waals surface area contributed by atoms with E-state index in [-0.39, 0.29) is 18.9 Å². The Morgan fingerprint density at radius 1 is 1.30 bits per heavy atom. The predicted octanol–water partition coefficient (Wildman–Crippen LogP) is 3.29. The number of carbonyl (C=O) groups is 2. The molecule has 0 aliphatic carbocycles. The zero-order valence-electron chi connectivity index (χ0n) is 15.9. The fourth-order valence-electron chi connectivity index (χ4n) is 3.69. The summed E-state index contributed by atoms with van der Waals surface area (Å²) in [5.74, 6) is -0.561. The van der Waals surface area contributed by atoms with Crippen molar-refractivity contribution >= 4 is 51.8 Å². The molecule has 1 aliphatic heterocycles. The first-order valence-electron chi connectivity index (χ1n) is 9.49. The Labute approximate surface area is 182 Å². The molecule has 2 N–H and O–H groups in total. The lowest BCUT2D eigenvalue weighted by molar-refractivity contribution is -0.136. The molecule has 4 rings (SSSR count). The maximum Gasteiger partial charge on any atom is 0.305 e. The van der Waals surface area contributed by atoms with E-state index in [1.807, 2.05) is 27.8 Å². The number of nitrogens with zero attached hydrogens (tertiary/aromatic N) is 4. The average molecular weight is 448 g/mol. The second kappa shape index (κ2) is 8.49. The van der Waals surface area contributed by atoms with Crippen LogP contribution in [0.3, 0.4) is 0 Å². The van der Waals surface area contributed by atoms with Crippen LogP contribution in [-0.2, 0) is 9.59 Å². The number of fused-ring (bicyclic) bond motifs is 1. The van der Waals surface area contributed by atoms with Crippen molar-refractivity contribution in [1.82, 2.24) is 19.9 Å². The molecule has 1 aliphatic rings. The summed E-state index contributed by atoms with van der Waals surface area (Å²) in [6.45, 7) is 0.739. The van der Waals surface area contributed by atoms with Crippen LogP contribution in [0.1, 0.15) is 19.3 Å². The smallest absolute Gasteiger partial charge is 0.305 e. The summed E-state index contributed by atoms with van der Waals surface area (Å²) in [7, 11) is 0. The molecule has 3 aromatic rings. The molecule has 8 nitrogen and oxygen atoms in total. The summed E-state index contributed by atoms with van der Waals surface area (Å²) in [6.07, 6.45) is 6.54. The lowest BCUT2D eigenvalue weighted by Crippen LogP contribution is -2.44. The summed E-state index contributed by atoms with van der Waals surface area (Å²) in [6, 6.07) is 5.05. The molecule has 1 aromatic carbocycles. The minimum Gasteiger partial charge on any atom is -0.481 e. The van der Waals surface area contributed by atoms with Crippen LogP contribution in [0.15, 0.2) is 36.9 Å². The van der Waals surface area contributed by atoms with Gasteiger partial charge in [-0.2, -0.15) is 0 Å². The van der Waals surface area contributed by atoms with Crippen molar-refractivity contribution in [3.63, 3.8) is 0 Å². The highest BCUT2D eigenvalue weighted by molar-refractivity contribution is 6.45. The number of rotatable bonds is 6. The molecule has 1 atom stereocenters. The van der Waals surface area contributed by atoms with Crippen molar-refractivity contribution in [2.75, 3.05) is 18.0 Å². The first-order chi connectivity index (χ1) is 14.5. The van der Waals surface area contributed by atoms with Gasteiger partial charge < -0.3 is 19.9 Å². The van der Waals surface area contributed by atoms with Gasteiger partial charge >= 0.3 is 5.97 Å². The van der Waals surface area contributed by atoms with Crippen LogP contribution >= 0.6 is 23.2 Å². The maximum atomic E-state index is 12.7. The third-order valence-corrected chi connectivity index (χ3v) is 5.90. The topological polar surface area (TPSA) is 100 Å². The second-order valence-corrected chi connectivity index (χ2v) is 7.80. The number of hydrogen-bond acceptors (Lipinski definition) is 5. The van der Waals surface area contributed by atoms with Crippen LogP contribution in [0.25, 0.3) is 16.6 Å². The number of aromatic nitrogens is 3. The number of anilines is 1. The van der Waals surface area contributed by atoms with Gasteiger partial charge in [0, 0.05) is 36.9 Å². The van der Waals surface area contributed by atoms with Gasteiger partial charge in [-0.15, -0.1) is 0 Å². The molecule has 3 heterocycles. The number of hydrogen-bond donors (Lipinski definition) is 2. The molecule has 1 fully saturated rings. The van der Waals surface area contributed by atoms with E-state index in [0.29, 0.717) is 34.3 Å². The zero-order chi connectivity index (χ0) is 21.3. The van der Waals surface area contributed by atoms with E-state index in [4.69, 9.17) is 33.3 Å². The predicted molar refractivity (Wildman–Crippen MR) is 115 cm³/mol. The molecule has 10 heteroatoms. The van der Waals surface area contributed by atoms with Crippen molar-refractivity contribution in [1.29, 1.82) is 0 Å². The summed E-state index contributed by atoms with van der Waals surface area (Å²) >= 11 is 12.7. The fourth-order valence-corrected chi connectivity index (χ4v) is 4.05. The number of aliphatic carboxylic acids is 1. The van der Waals surface area contributed by atoms with Crippen LogP contribution in [0.4, 0.5) is 5.82 Å². The second-order valence-electron chi connectivity index (χ2n) is 7.01. The minimum absolute atomic E-state index is 0.0887. The molecule has 1 saturated heterocycles. The quantitative estimate of drug-likeness (QED) is 0.601. The lowest BCUT2D eigenvalue weighted by Gasteiger charge is -2.26. The molecule has 1 amide bonds. The third kappa shape index (κ3) is 3.93. The van der Waals surface area contributed by atoms with Gasteiger partial charge in [-0.05, 0) is 25.0 Å². The summed E-state index contributed by atoms with van der Waals surface area (Å²) in [5.41, 5.74) is 1.37. The Hall–Kier alpha value is -2.84. The van der Waals surface area contributed by atoms with Crippen LogP contribution in [-0.4, -0.2) is 50.6 Å². The highest BCUT2D eigenvalue weighted by atomic mass is 35.5. The molecule has 0 bridgehead atoms. The highest BCUT2D eigenvalue weighted by Gasteiger charge is 2.32. The van der Waals surface area contributed by atoms with Crippen molar-refractivity contribution in [3.05, 3.63) is 47.0 Å². The minimum atomic E-state index is -0.953. The van der Waals surface area contributed by atoms with Crippen LogP contribution < -0.4 is 10.2 Å². The number of imidazole rings is 1. The Balaban J connectivity index is 1.73. The molecule has 0 saturated carbocycles. The molecule has 0 radical (unpaired) electrons. The summed E-state index contributed by atoms with van der Waals surface area (Å²) < 4.78 is 1.86. The zero-order valence-corrected chi connectivity index (χ0v) is 17.4. The van der Waals surface area contributed by atoms with E-state index in [2.05, 4.69) is 10.3 Å². The number of pyridine rings is 1. The van der Waals surface area contributed by atoms with Crippen molar-refractivity contribution in [3.8, 4) is 5.69 Å². The van der Waals surface area contributed by atoms with Crippen LogP contribution in [0, 0.1) is 0 Å². The largest absolute Gasteiger partial charge is 0.481 e. The number of carbonyl (C=O) groups excluding carboxylic acids is 1. The molecule has 156 valence electrons. The first-order valence-corrected chi connectivity index (χ1v) is 10.2. The first kappa shape index (κ1) is 20.4. The molecule has 0 spiro atoms. The summed E-state index contributed by atoms with van der Waals surface area (Å²) in [4.78, 5) is 34.2. The molecular weight excluding hydrogens is 429 g/mol. The normalized spacial score (nSPS) is 16.2. The average Bonchev–Trinajstić information content (AvgIpc) is 3.42. The lowest BCUT2D eigenvalue weighted by atomic mass is 10.1. The SMILES string of the molecule is O=C(O)CCNC(=O)[C@@H]1CCCN1c1cc(-n2ccnc2)c2ccc(Cl)c(Cl)c2n1.